The standard InChI is InChI=1S/C21H20N2O/c1-3-18(24)21-20(22-19-11-8-14(2)13-23(19)21)17-10-9-15-6-4-5-7-16(15)12-17/h4-13,18,24H,3H2,1-2H3. The highest BCUT2D eigenvalue weighted by Gasteiger charge is 2.20. The third-order valence-electron chi connectivity index (χ3n) is 4.53. The van der Waals surface area contributed by atoms with Crippen molar-refractivity contribution in [2.75, 3.05) is 0 Å². The van der Waals surface area contributed by atoms with Gasteiger partial charge < -0.3 is 9.51 Å². The SMILES string of the molecule is CCC(O)c1c(-c2ccc3ccccc3c2)nc2ccc(C)cn12. The predicted molar refractivity (Wildman–Crippen MR) is 98.1 cm³/mol. The molecule has 1 atom stereocenters. The van der Waals surface area contributed by atoms with Crippen molar-refractivity contribution < 1.29 is 5.11 Å². The number of aromatic nitrogens is 2. The highest BCUT2D eigenvalue weighted by molar-refractivity contribution is 5.87. The van der Waals surface area contributed by atoms with Gasteiger partial charge >= 0.3 is 0 Å². The van der Waals surface area contributed by atoms with E-state index >= 15 is 0 Å². The van der Waals surface area contributed by atoms with E-state index in [9.17, 15) is 5.11 Å². The average molecular weight is 316 g/mol. The average Bonchev–Trinajstić information content (AvgIpc) is 2.99. The second-order valence-electron chi connectivity index (χ2n) is 6.27. The minimum atomic E-state index is -0.539. The molecule has 0 radical (unpaired) electrons. The van der Waals surface area contributed by atoms with Gasteiger partial charge in [0, 0.05) is 11.8 Å². The molecule has 3 heteroatoms. The molecular formula is C21H20N2O. The summed E-state index contributed by atoms with van der Waals surface area (Å²) in [4.78, 5) is 4.80. The van der Waals surface area contributed by atoms with E-state index in [-0.39, 0.29) is 0 Å². The molecule has 120 valence electrons. The largest absolute Gasteiger partial charge is 0.387 e. The molecule has 0 fully saturated rings. The van der Waals surface area contributed by atoms with Gasteiger partial charge in [-0.25, -0.2) is 4.98 Å². The molecule has 0 aliphatic heterocycles. The Hall–Kier alpha value is -2.65. The lowest BCUT2D eigenvalue weighted by atomic mass is 10.0. The Kier molecular flexibility index (Phi) is 3.58. The van der Waals surface area contributed by atoms with E-state index in [1.165, 1.54) is 10.8 Å². The van der Waals surface area contributed by atoms with Crippen LogP contribution in [0.15, 0.2) is 60.8 Å². The van der Waals surface area contributed by atoms with Gasteiger partial charge in [0.2, 0.25) is 0 Å². The van der Waals surface area contributed by atoms with Crippen LogP contribution in [0.4, 0.5) is 0 Å². The monoisotopic (exact) mass is 316 g/mol. The normalized spacial score (nSPS) is 12.8. The van der Waals surface area contributed by atoms with Crippen molar-refractivity contribution in [3.8, 4) is 11.3 Å². The van der Waals surface area contributed by atoms with Crippen molar-refractivity contribution in [3.05, 3.63) is 72.1 Å². The summed E-state index contributed by atoms with van der Waals surface area (Å²) in [5.74, 6) is 0. The highest BCUT2D eigenvalue weighted by atomic mass is 16.3. The van der Waals surface area contributed by atoms with Gasteiger partial charge in [0.05, 0.1) is 17.5 Å². The van der Waals surface area contributed by atoms with Crippen molar-refractivity contribution in [3.63, 3.8) is 0 Å². The lowest BCUT2D eigenvalue weighted by molar-refractivity contribution is 0.168. The number of aryl methyl sites for hydroxylation is 1. The Morgan fingerprint density at radius 2 is 1.83 bits per heavy atom. The first-order valence-corrected chi connectivity index (χ1v) is 8.33. The molecule has 0 saturated carbocycles. The molecule has 24 heavy (non-hydrogen) atoms. The van der Waals surface area contributed by atoms with Crippen LogP contribution in [-0.4, -0.2) is 14.5 Å². The van der Waals surface area contributed by atoms with Gasteiger partial charge in [-0.3, -0.25) is 0 Å². The minimum Gasteiger partial charge on any atom is -0.387 e. The molecule has 2 aromatic heterocycles. The summed E-state index contributed by atoms with van der Waals surface area (Å²) < 4.78 is 2.02. The van der Waals surface area contributed by atoms with Crippen LogP contribution >= 0.6 is 0 Å². The zero-order valence-corrected chi connectivity index (χ0v) is 13.9. The van der Waals surface area contributed by atoms with Crippen molar-refractivity contribution in [2.24, 2.45) is 0 Å². The van der Waals surface area contributed by atoms with Crippen LogP contribution in [0.1, 0.15) is 30.7 Å². The quantitative estimate of drug-likeness (QED) is 0.583. The van der Waals surface area contributed by atoms with Crippen molar-refractivity contribution in [1.82, 2.24) is 9.38 Å². The molecule has 1 unspecified atom stereocenters. The topological polar surface area (TPSA) is 37.5 Å². The van der Waals surface area contributed by atoms with Gasteiger partial charge in [0.25, 0.3) is 0 Å². The van der Waals surface area contributed by atoms with Crippen molar-refractivity contribution in [1.29, 1.82) is 0 Å². The summed E-state index contributed by atoms with van der Waals surface area (Å²) >= 11 is 0. The fourth-order valence-electron chi connectivity index (χ4n) is 3.23. The molecule has 0 amide bonds. The van der Waals surface area contributed by atoms with Crippen LogP contribution in [0.3, 0.4) is 0 Å². The van der Waals surface area contributed by atoms with Crippen molar-refractivity contribution in [2.45, 2.75) is 26.4 Å². The molecule has 3 nitrogen and oxygen atoms in total. The minimum absolute atomic E-state index is 0.539. The lowest BCUT2D eigenvalue weighted by Crippen LogP contribution is -2.02. The molecule has 0 bridgehead atoms. The number of hydrogen-bond acceptors (Lipinski definition) is 2. The first-order chi connectivity index (χ1) is 11.7. The lowest BCUT2D eigenvalue weighted by Gasteiger charge is -2.11. The second-order valence-corrected chi connectivity index (χ2v) is 6.27. The Labute approximate surface area is 141 Å². The zero-order valence-electron chi connectivity index (χ0n) is 13.9. The first-order valence-electron chi connectivity index (χ1n) is 8.33. The molecule has 4 aromatic rings. The number of benzene rings is 2. The number of aliphatic hydroxyl groups is 1. The van der Waals surface area contributed by atoms with Crippen LogP contribution in [0.25, 0.3) is 27.7 Å². The van der Waals surface area contributed by atoms with Crippen LogP contribution in [0.2, 0.25) is 0 Å². The highest BCUT2D eigenvalue weighted by Crippen LogP contribution is 2.32. The summed E-state index contributed by atoms with van der Waals surface area (Å²) in [6.45, 7) is 4.04. The van der Waals surface area contributed by atoms with E-state index in [1.54, 1.807) is 0 Å². The van der Waals surface area contributed by atoms with Gasteiger partial charge in [-0.1, -0.05) is 49.4 Å². The van der Waals surface area contributed by atoms with E-state index in [1.807, 2.05) is 35.7 Å². The third kappa shape index (κ3) is 2.38. The number of aliphatic hydroxyl groups excluding tert-OH is 1. The molecule has 2 heterocycles. The summed E-state index contributed by atoms with van der Waals surface area (Å²) in [6.07, 6.45) is 2.16. The van der Waals surface area contributed by atoms with E-state index < -0.39 is 6.10 Å². The number of nitrogens with zero attached hydrogens (tertiary/aromatic N) is 2. The molecular weight excluding hydrogens is 296 g/mol. The van der Waals surface area contributed by atoms with E-state index in [4.69, 9.17) is 4.98 Å². The van der Waals surface area contributed by atoms with E-state index in [0.29, 0.717) is 6.42 Å². The summed E-state index contributed by atoms with van der Waals surface area (Å²) in [6, 6.07) is 18.7. The van der Waals surface area contributed by atoms with Crippen LogP contribution in [-0.2, 0) is 0 Å². The van der Waals surface area contributed by atoms with Gasteiger partial charge in [0.15, 0.2) is 0 Å². The predicted octanol–water partition coefficient (Wildman–Crippen LogP) is 4.91. The molecule has 4 rings (SSSR count). The maximum Gasteiger partial charge on any atom is 0.137 e. The van der Waals surface area contributed by atoms with Gasteiger partial charge in [-0.05, 0) is 41.8 Å². The zero-order chi connectivity index (χ0) is 16.7. The Bertz CT molecular complexity index is 1030. The van der Waals surface area contributed by atoms with Crippen molar-refractivity contribution >= 4 is 16.4 Å². The maximum atomic E-state index is 10.6. The Morgan fingerprint density at radius 3 is 2.62 bits per heavy atom. The van der Waals surface area contributed by atoms with E-state index in [0.717, 1.165) is 28.2 Å². The fraction of sp³-hybridized carbons (Fsp3) is 0.190. The number of rotatable bonds is 3. The van der Waals surface area contributed by atoms with E-state index in [2.05, 4.69) is 43.3 Å². The second kappa shape index (κ2) is 5.77. The molecule has 1 N–H and O–H groups in total. The fourth-order valence-corrected chi connectivity index (χ4v) is 3.23. The summed E-state index contributed by atoms with van der Waals surface area (Å²) in [5.41, 5.74) is 4.78. The molecule has 0 aliphatic carbocycles. The number of fused-ring (bicyclic) bond motifs is 2. The van der Waals surface area contributed by atoms with Gasteiger partial charge in [-0.15, -0.1) is 0 Å². The summed E-state index contributed by atoms with van der Waals surface area (Å²) in [7, 11) is 0. The van der Waals surface area contributed by atoms with Gasteiger partial charge in [-0.2, -0.15) is 0 Å². The number of imidazole rings is 1. The third-order valence-corrected chi connectivity index (χ3v) is 4.53. The summed E-state index contributed by atoms with van der Waals surface area (Å²) in [5, 5.41) is 13.0. The molecule has 0 aliphatic rings. The molecule has 0 spiro atoms. The Morgan fingerprint density at radius 1 is 1.04 bits per heavy atom. The molecule has 2 aromatic carbocycles. The maximum absolute atomic E-state index is 10.6. The van der Waals surface area contributed by atoms with Gasteiger partial charge in [0.1, 0.15) is 5.65 Å². The molecule has 0 saturated heterocycles. The smallest absolute Gasteiger partial charge is 0.137 e. The number of pyridine rings is 1. The van der Waals surface area contributed by atoms with Crippen LogP contribution in [0.5, 0.6) is 0 Å². The first kappa shape index (κ1) is 14.9. The van der Waals surface area contributed by atoms with Crippen LogP contribution < -0.4 is 0 Å². The number of hydrogen-bond donors (Lipinski definition) is 1. The van der Waals surface area contributed by atoms with Crippen LogP contribution in [0, 0.1) is 6.92 Å². The Balaban J connectivity index is 2.00.